The van der Waals surface area contributed by atoms with Crippen LogP contribution in [-0.2, 0) is 10.0 Å². The molecular weight excluding hydrogens is 319 g/mol. The summed E-state index contributed by atoms with van der Waals surface area (Å²) in [5.74, 6) is -0.690. The smallest absolute Gasteiger partial charge is 0.241 e. The van der Waals surface area contributed by atoms with Gasteiger partial charge < -0.3 is 10.5 Å². The van der Waals surface area contributed by atoms with Crippen LogP contribution in [0.2, 0.25) is 0 Å². The first-order chi connectivity index (χ1) is 10.9. The Balaban J connectivity index is 2.18. The first-order valence-electron chi connectivity index (χ1n) is 7.00. The van der Waals surface area contributed by atoms with Crippen LogP contribution in [0.1, 0.15) is 17.2 Å². The Labute approximate surface area is 135 Å². The molecule has 0 amide bonds. The molecule has 2 aromatic carbocycles. The quantitative estimate of drug-likeness (QED) is 0.845. The first kappa shape index (κ1) is 17.4. The van der Waals surface area contributed by atoms with E-state index >= 15 is 0 Å². The van der Waals surface area contributed by atoms with Crippen molar-refractivity contribution in [2.24, 2.45) is 5.73 Å². The number of methoxy groups -OCH3 is 1. The lowest BCUT2D eigenvalue weighted by Gasteiger charge is -2.15. The number of sulfonamides is 1. The maximum Gasteiger partial charge on any atom is 0.241 e. The van der Waals surface area contributed by atoms with Gasteiger partial charge in [-0.15, -0.1) is 0 Å². The highest BCUT2D eigenvalue weighted by molar-refractivity contribution is 7.89. The van der Waals surface area contributed by atoms with Crippen LogP contribution in [0.25, 0.3) is 0 Å². The number of nitrogens with two attached hydrogens (primary N) is 1. The van der Waals surface area contributed by atoms with Crippen molar-refractivity contribution in [3.8, 4) is 5.75 Å². The lowest BCUT2D eigenvalue weighted by atomic mass is 10.1. The number of ether oxygens (including phenoxy) is 1. The highest BCUT2D eigenvalue weighted by Gasteiger charge is 2.22. The molecule has 7 heteroatoms. The highest BCUT2D eigenvalue weighted by Crippen LogP contribution is 2.26. The van der Waals surface area contributed by atoms with Crippen molar-refractivity contribution in [3.05, 3.63) is 59.4 Å². The number of benzene rings is 2. The molecule has 3 N–H and O–H groups in total. The van der Waals surface area contributed by atoms with E-state index < -0.39 is 21.9 Å². The molecule has 0 aliphatic carbocycles. The number of nitrogens with one attached hydrogen (secondary N) is 1. The summed E-state index contributed by atoms with van der Waals surface area (Å²) in [5.41, 5.74) is 6.79. The predicted octanol–water partition coefficient (Wildman–Crippen LogP) is 2.12. The summed E-state index contributed by atoms with van der Waals surface area (Å²) < 4.78 is 46.0. The molecule has 2 rings (SSSR count). The van der Waals surface area contributed by atoms with Crippen molar-refractivity contribution in [2.75, 3.05) is 13.7 Å². The number of hydrogen-bond acceptors (Lipinski definition) is 4. The fourth-order valence-electron chi connectivity index (χ4n) is 2.19. The number of halogens is 1. The maximum atomic E-state index is 14.0. The molecule has 124 valence electrons. The van der Waals surface area contributed by atoms with Gasteiger partial charge in [0.1, 0.15) is 0 Å². The highest BCUT2D eigenvalue weighted by atomic mass is 32.2. The second-order valence-electron chi connectivity index (χ2n) is 5.07. The van der Waals surface area contributed by atoms with E-state index in [0.29, 0.717) is 0 Å². The van der Waals surface area contributed by atoms with Gasteiger partial charge in [0.05, 0.1) is 12.0 Å². The minimum absolute atomic E-state index is 0.00226. The largest absolute Gasteiger partial charge is 0.494 e. The molecule has 0 spiro atoms. The Hall–Kier alpha value is -1.96. The third-order valence-electron chi connectivity index (χ3n) is 3.53. The second-order valence-corrected chi connectivity index (χ2v) is 6.81. The predicted molar refractivity (Wildman–Crippen MR) is 86.2 cm³/mol. The molecule has 0 bridgehead atoms. The van der Waals surface area contributed by atoms with E-state index in [9.17, 15) is 12.8 Å². The van der Waals surface area contributed by atoms with Crippen LogP contribution in [0.5, 0.6) is 5.75 Å². The molecule has 0 aromatic heterocycles. The Morgan fingerprint density at radius 1 is 1.22 bits per heavy atom. The minimum atomic E-state index is -3.87. The molecule has 0 saturated carbocycles. The molecule has 5 nitrogen and oxygen atoms in total. The van der Waals surface area contributed by atoms with E-state index in [-0.39, 0.29) is 22.8 Å². The molecule has 1 unspecified atom stereocenters. The van der Waals surface area contributed by atoms with Crippen molar-refractivity contribution in [3.63, 3.8) is 0 Å². The monoisotopic (exact) mass is 338 g/mol. The van der Waals surface area contributed by atoms with Crippen LogP contribution in [0.3, 0.4) is 0 Å². The van der Waals surface area contributed by atoms with E-state index in [2.05, 4.69) is 4.72 Å². The zero-order valence-corrected chi connectivity index (χ0v) is 13.7. The van der Waals surface area contributed by atoms with Gasteiger partial charge in [0.25, 0.3) is 0 Å². The van der Waals surface area contributed by atoms with Crippen LogP contribution in [0, 0.1) is 12.7 Å². The molecule has 0 fully saturated rings. The van der Waals surface area contributed by atoms with Gasteiger partial charge in [-0.2, -0.15) is 0 Å². The van der Waals surface area contributed by atoms with Gasteiger partial charge in [-0.25, -0.2) is 17.5 Å². The van der Waals surface area contributed by atoms with Gasteiger partial charge in [0.15, 0.2) is 11.6 Å². The summed E-state index contributed by atoms with van der Waals surface area (Å²) in [5, 5.41) is 0. The second kappa shape index (κ2) is 7.08. The number of hydrogen-bond donors (Lipinski definition) is 2. The van der Waals surface area contributed by atoms with E-state index in [1.165, 1.54) is 26.2 Å². The van der Waals surface area contributed by atoms with Crippen molar-refractivity contribution in [2.45, 2.75) is 17.9 Å². The summed E-state index contributed by atoms with van der Waals surface area (Å²) in [6, 6.07) is 11.2. The Bertz CT molecular complexity index is 779. The summed E-state index contributed by atoms with van der Waals surface area (Å²) in [4.78, 5) is -0.129. The van der Waals surface area contributed by atoms with E-state index in [1.807, 2.05) is 30.3 Å². The summed E-state index contributed by atoms with van der Waals surface area (Å²) in [7, 11) is -2.54. The van der Waals surface area contributed by atoms with Crippen molar-refractivity contribution < 1.29 is 17.5 Å². The fourth-order valence-corrected chi connectivity index (χ4v) is 3.48. The summed E-state index contributed by atoms with van der Waals surface area (Å²) >= 11 is 0. The lowest BCUT2D eigenvalue weighted by Crippen LogP contribution is -2.32. The summed E-state index contributed by atoms with van der Waals surface area (Å²) in [6.07, 6.45) is 0. The average molecular weight is 338 g/mol. The lowest BCUT2D eigenvalue weighted by molar-refractivity contribution is 0.384. The fraction of sp³-hybridized carbons (Fsp3) is 0.250. The molecular formula is C16H19FN2O3S. The van der Waals surface area contributed by atoms with Gasteiger partial charge in [-0.05, 0) is 24.6 Å². The normalized spacial score (nSPS) is 12.9. The van der Waals surface area contributed by atoms with Crippen LogP contribution < -0.4 is 15.2 Å². The van der Waals surface area contributed by atoms with Crippen LogP contribution in [-0.4, -0.2) is 22.1 Å². The minimum Gasteiger partial charge on any atom is -0.494 e. The van der Waals surface area contributed by atoms with Crippen LogP contribution >= 0.6 is 0 Å². The van der Waals surface area contributed by atoms with Crippen molar-refractivity contribution in [1.29, 1.82) is 0 Å². The van der Waals surface area contributed by atoms with Gasteiger partial charge in [0, 0.05) is 18.2 Å². The van der Waals surface area contributed by atoms with E-state index in [4.69, 9.17) is 10.5 Å². The SMILES string of the molecule is COc1ccc(S(=O)(=O)NCC(N)c2ccccc2)c(C)c1F. The molecule has 0 saturated heterocycles. The molecule has 0 aliphatic heterocycles. The van der Waals surface area contributed by atoms with Gasteiger partial charge in [-0.1, -0.05) is 30.3 Å². The topological polar surface area (TPSA) is 81.4 Å². The Morgan fingerprint density at radius 3 is 2.48 bits per heavy atom. The first-order valence-corrected chi connectivity index (χ1v) is 8.48. The third kappa shape index (κ3) is 3.87. The van der Waals surface area contributed by atoms with Crippen molar-refractivity contribution in [1.82, 2.24) is 4.72 Å². The van der Waals surface area contributed by atoms with Gasteiger partial charge in [-0.3, -0.25) is 0 Å². The van der Waals surface area contributed by atoms with E-state index in [1.54, 1.807) is 0 Å². The third-order valence-corrected chi connectivity index (χ3v) is 5.10. The van der Waals surface area contributed by atoms with Gasteiger partial charge in [0.2, 0.25) is 10.0 Å². The summed E-state index contributed by atoms with van der Waals surface area (Å²) in [6.45, 7) is 1.41. The Morgan fingerprint density at radius 2 is 1.87 bits per heavy atom. The zero-order valence-electron chi connectivity index (χ0n) is 12.9. The van der Waals surface area contributed by atoms with Crippen LogP contribution in [0.4, 0.5) is 4.39 Å². The molecule has 0 heterocycles. The standard InChI is InChI=1S/C16H19FN2O3S/c1-11-15(9-8-14(22-2)16(11)17)23(20,21)19-10-13(18)12-6-4-3-5-7-12/h3-9,13,19H,10,18H2,1-2H3. The molecule has 1 atom stereocenters. The molecule has 0 aliphatic rings. The molecule has 23 heavy (non-hydrogen) atoms. The molecule has 2 aromatic rings. The number of rotatable bonds is 6. The van der Waals surface area contributed by atoms with Crippen LogP contribution in [0.15, 0.2) is 47.4 Å². The Kier molecular flexibility index (Phi) is 5.35. The maximum absolute atomic E-state index is 14.0. The van der Waals surface area contributed by atoms with E-state index in [0.717, 1.165) is 5.56 Å². The van der Waals surface area contributed by atoms with Crippen molar-refractivity contribution >= 4 is 10.0 Å². The average Bonchev–Trinajstić information content (AvgIpc) is 2.55. The molecule has 0 radical (unpaired) electrons. The van der Waals surface area contributed by atoms with Gasteiger partial charge >= 0.3 is 0 Å². The zero-order chi connectivity index (χ0) is 17.0.